The first-order chi connectivity index (χ1) is 6.33. The van der Waals surface area contributed by atoms with E-state index in [9.17, 15) is 9.59 Å². The highest BCUT2D eigenvalue weighted by Gasteiger charge is 2.04. The van der Waals surface area contributed by atoms with Crippen LogP contribution >= 0.6 is 0 Å². The van der Waals surface area contributed by atoms with E-state index < -0.39 is 5.97 Å². The van der Waals surface area contributed by atoms with Crippen molar-refractivity contribution in [3.63, 3.8) is 0 Å². The summed E-state index contributed by atoms with van der Waals surface area (Å²) in [5, 5.41) is 0. The van der Waals surface area contributed by atoms with Crippen LogP contribution in [-0.2, 0) is 20.7 Å². The molecule has 0 bridgehead atoms. The van der Waals surface area contributed by atoms with E-state index in [4.69, 9.17) is 0 Å². The fraction of sp³-hybridized carbons (Fsp3) is 0.222. The van der Waals surface area contributed by atoms with Gasteiger partial charge in [0.15, 0.2) is 6.61 Å². The van der Waals surface area contributed by atoms with Crippen LogP contribution in [0.4, 0.5) is 0 Å². The Morgan fingerprint density at radius 2 is 2.38 bits per heavy atom. The number of rotatable bonds is 4. The van der Waals surface area contributed by atoms with Gasteiger partial charge in [-0.15, -0.1) is 0 Å². The van der Waals surface area contributed by atoms with Gasteiger partial charge in [-0.3, -0.25) is 14.6 Å². The third kappa shape index (κ3) is 3.46. The average molecular weight is 178 g/mol. The number of pyridine rings is 1. The summed E-state index contributed by atoms with van der Waals surface area (Å²) in [7, 11) is 0. The lowest BCUT2D eigenvalue weighted by Gasteiger charge is -1.98. The molecule has 0 atom stereocenters. The lowest BCUT2D eigenvalue weighted by atomic mass is 10.3. The van der Waals surface area contributed by atoms with Crippen molar-refractivity contribution in [3.05, 3.63) is 30.1 Å². The first-order valence-electron chi connectivity index (χ1n) is 3.73. The molecule has 0 unspecified atom stereocenters. The molecule has 0 spiro atoms. The fourth-order valence-electron chi connectivity index (χ4n) is 0.812. The van der Waals surface area contributed by atoms with Gasteiger partial charge >= 0.3 is 5.97 Å². The molecule has 4 heteroatoms. The Morgan fingerprint density at radius 3 is 3.00 bits per heavy atom. The van der Waals surface area contributed by atoms with Crippen LogP contribution < -0.4 is 0 Å². The fourth-order valence-corrected chi connectivity index (χ4v) is 0.812. The molecule has 0 saturated heterocycles. The minimum atomic E-state index is -0.470. The SMILES string of the molecule is O=[C]COC(=O)Cc1ccccn1. The van der Waals surface area contributed by atoms with Crippen molar-refractivity contribution in [2.75, 3.05) is 6.61 Å². The summed E-state index contributed by atoms with van der Waals surface area (Å²) >= 11 is 0. The van der Waals surface area contributed by atoms with Gasteiger partial charge in [-0.25, -0.2) is 0 Å². The standard InChI is InChI=1S/C9H8NO3/c11-5-6-13-9(12)7-8-3-1-2-4-10-8/h1-4H,6-7H2. The van der Waals surface area contributed by atoms with Crippen LogP contribution in [0.5, 0.6) is 0 Å². The summed E-state index contributed by atoms with van der Waals surface area (Å²) in [5.74, 6) is -0.470. The van der Waals surface area contributed by atoms with Gasteiger partial charge in [0.05, 0.1) is 12.1 Å². The van der Waals surface area contributed by atoms with Gasteiger partial charge < -0.3 is 4.74 Å². The predicted molar refractivity (Wildman–Crippen MR) is 44.6 cm³/mol. The largest absolute Gasteiger partial charge is 0.457 e. The minimum absolute atomic E-state index is 0.0858. The maximum atomic E-state index is 10.9. The van der Waals surface area contributed by atoms with E-state index in [0.29, 0.717) is 5.69 Å². The Hall–Kier alpha value is -1.71. The van der Waals surface area contributed by atoms with Crippen molar-refractivity contribution in [1.82, 2.24) is 4.98 Å². The van der Waals surface area contributed by atoms with E-state index in [1.165, 1.54) is 6.29 Å². The molecule has 0 aromatic carbocycles. The maximum Gasteiger partial charge on any atom is 0.312 e. The van der Waals surface area contributed by atoms with Crippen LogP contribution in [0.15, 0.2) is 24.4 Å². The monoisotopic (exact) mass is 178 g/mol. The van der Waals surface area contributed by atoms with Crippen molar-refractivity contribution < 1.29 is 14.3 Å². The maximum absolute atomic E-state index is 10.9. The highest BCUT2D eigenvalue weighted by atomic mass is 16.5. The zero-order valence-electron chi connectivity index (χ0n) is 6.90. The molecule has 0 aliphatic rings. The summed E-state index contributed by atoms with van der Waals surface area (Å²) in [5.41, 5.74) is 0.624. The highest BCUT2D eigenvalue weighted by molar-refractivity contribution is 5.73. The quantitative estimate of drug-likeness (QED) is 0.621. The number of hydrogen-bond acceptors (Lipinski definition) is 4. The lowest BCUT2D eigenvalue weighted by Crippen LogP contribution is -2.10. The first-order valence-corrected chi connectivity index (χ1v) is 3.73. The van der Waals surface area contributed by atoms with E-state index in [2.05, 4.69) is 9.72 Å². The molecule has 0 N–H and O–H groups in total. The summed E-state index contributed by atoms with van der Waals surface area (Å²) < 4.78 is 4.49. The molecule has 67 valence electrons. The molecule has 0 aliphatic heterocycles. The Balaban J connectivity index is 2.41. The number of nitrogens with zero attached hydrogens (tertiary/aromatic N) is 1. The van der Waals surface area contributed by atoms with Gasteiger partial charge in [-0.1, -0.05) is 6.07 Å². The van der Waals surface area contributed by atoms with E-state index in [1.807, 2.05) is 0 Å². The molecule has 1 radical (unpaired) electrons. The minimum Gasteiger partial charge on any atom is -0.457 e. The smallest absolute Gasteiger partial charge is 0.312 e. The number of ether oxygens (including phenoxy) is 1. The molecule has 1 rings (SSSR count). The zero-order valence-corrected chi connectivity index (χ0v) is 6.90. The molecule has 0 amide bonds. The second-order valence-electron chi connectivity index (χ2n) is 2.30. The van der Waals surface area contributed by atoms with Crippen LogP contribution in [0.2, 0.25) is 0 Å². The summed E-state index contributed by atoms with van der Waals surface area (Å²) in [6.07, 6.45) is 3.15. The van der Waals surface area contributed by atoms with Gasteiger partial charge in [0.1, 0.15) is 0 Å². The van der Waals surface area contributed by atoms with Gasteiger partial charge in [-0.2, -0.15) is 0 Å². The average Bonchev–Trinajstić information content (AvgIpc) is 2.16. The third-order valence-corrected chi connectivity index (χ3v) is 1.34. The normalized spacial score (nSPS) is 9.23. The van der Waals surface area contributed by atoms with Gasteiger partial charge in [0, 0.05) is 6.20 Å². The third-order valence-electron chi connectivity index (χ3n) is 1.34. The van der Waals surface area contributed by atoms with Crippen LogP contribution in [-0.4, -0.2) is 23.8 Å². The summed E-state index contributed by atoms with van der Waals surface area (Å²) in [6.45, 7) is -0.314. The molecule has 13 heavy (non-hydrogen) atoms. The number of esters is 1. The van der Waals surface area contributed by atoms with Crippen LogP contribution in [0.25, 0.3) is 0 Å². The second kappa shape index (κ2) is 5.03. The van der Waals surface area contributed by atoms with Crippen molar-refractivity contribution in [2.24, 2.45) is 0 Å². The van der Waals surface area contributed by atoms with Crippen LogP contribution in [0.3, 0.4) is 0 Å². The topological polar surface area (TPSA) is 56.3 Å². The Morgan fingerprint density at radius 1 is 1.54 bits per heavy atom. The van der Waals surface area contributed by atoms with Crippen LogP contribution in [0.1, 0.15) is 5.69 Å². The Labute approximate surface area is 75.5 Å². The number of carbonyl (C=O) groups excluding carboxylic acids is 2. The Bertz CT molecular complexity index is 284. The number of hydrogen-bond donors (Lipinski definition) is 0. The van der Waals surface area contributed by atoms with Crippen molar-refractivity contribution >= 4 is 12.3 Å². The van der Waals surface area contributed by atoms with E-state index in [-0.39, 0.29) is 13.0 Å². The predicted octanol–water partition coefficient (Wildman–Crippen LogP) is 0.277. The Kier molecular flexibility index (Phi) is 3.63. The molecule has 4 nitrogen and oxygen atoms in total. The zero-order chi connectivity index (χ0) is 9.52. The second-order valence-corrected chi connectivity index (χ2v) is 2.30. The molecule has 0 aliphatic carbocycles. The van der Waals surface area contributed by atoms with Crippen molar-refractivity contribution in [1.29, 1.82) is 0 Å². The lowest BCUT2D eigenvalue weighted by molar-refractivity contribution is -0.141. The van der Waals surface area contributed by atoms with Crippen molar-refractivity contribution in [3.8, 4) is 0 Å². The molecular weight excluding hydrogens is 170 g/mol. The molecular formula is C9H8NO3. The van der Waals surface area contributed by atoms with Gasteiger partial charge in [-0.05, 0) is 12.1 Å². The first kappa shape index (κ1) is 9.38. The summed E-state index contributed by atoms with van der Waals surface area (Å²) in [6, 6.07) is 5.25. The van der Waals surface area contributed by atoms with E-state index in [1.54, 1.807) is 24.4 Å². The van der Waals surface area contributed by atoms with Gasteiger partial charge in [0.25, 0.3) is 0 Å². The summed E-state index contributed by atoms with van der Waals surface area (Å²) in [4.78, 5) is 24.6. The highest BCUT2D eigenvalue weighted by Crippen LogP contribution is 1.95. The van der Waals surface area contributed by atoms with E-state index in [0.717, 1.165) is 0 Å². The van der Waals surface area contributed by atoms with Crippen molar-refractivity contribution in [2.45, 2.75) is 6.42 Å². The molecule has 1 aromatic heterocycles. The molecule has 0 saturated carbocycles. The molecule has 1 aromatic rings. The number of aromatic nitrogens is 1. The number of carbonyl (C=O) groups is 1. The van der Waals surface area contributed by atoms with E-state index >= 15 is 0 Å². The van der Waals surface area contributed by atoms with Crippen LogP contribution in [0, 0.1) is 0 Å². The molecule has 1 heterocycles. The molecule has 0 fully saturated rings. The van der Waals surface area contributed by atoms with Gasteiger partial charge in [0.2, 0.25) is 6.29 Å².